The molecule has 0 atom stereocenters. The van der Waals surface area contributed by atoms with Crippen molar-refractivity contribution in [1.29, 1.82) is 0 Å². The van der Waals surface area contributed by atoms with Gasteiger partial charge in [-0.3, -0.25) is 9.78 Å². The Kier molecular flexibility index (Phi) is 6.53. The van der Waals surface area contributed by atoms with Crippen molar-refractivity contribution in [2.75, 3.05) is 6.61 Å². The molecule has 1 heterocycles. The fourth-order valence-electron chi connectivity index (χ4n) is 2.18. The Labute approximate surface area is 157 Å². The molecule has 136 valence electrons. The zero-order valence-electron chi connectivity index (χ0n) is 14.6. The summed E-state index contributed by atoms with van der Waals surface area (Å²) in [5.41, 5.74) is 4.36. The first-order valence-electron chi connectivity index (χ1n) is 8.41. The van der Waals surface area contributed by atoms with Gasteiger partial charge in [0.25, 0.3) is 5.91 Å². The minimum absolute atomic E-state index is 0.127. The van der Waals surface area contributed by atoms with Crippen LogP contribution in [0.15, 0.2) is 84.2 Å². The van der Waals surface area contributed by atoms with Crippen molar-refractivity contribution in [2.45, 2.75) is 6.61 Å². The lowest BCUT2D eigenvalue weighted by atomic mass is 10.2. The largest absolute Gasteiger partial charge is 0.489 e. The lowest BCUT2D eigenvalue weighted by Gasteiger charge is -2.08. The van der Waals surface area contributed by atoms with Gasteiger partial charge >= 0.3 is 0 Å². The van der Waals surface area contributed by atoms with E-state index in [0.717, 1.165) is 16.9 Å². The van der Waals surface area contributed by atoms with Crippen LogP contribution in [0.3, 0.4) is 0 Å². The van der Waals surface area contributed by atoms with Gasteiger partial charge in [-0.15, -0.1) is 0 Å². The van der Waals surface area contributed by atoms with Crippen LogP contribution in [0.4, 0.5) is 0 Å². The number of ether oxygens (including phenoxy) is 2. The van der Waals surface area contributed by atoms with Gasteiger partial charge < -0.3 is 9.47 Å². The first-order valence-corrected chi connectivity index (χ1v) is 8.41. The number of nitrogens with zero attached hydrogens (tertiary/aromatic N) is 2. The highest BCUT2D eigenvalue weighted by Gasteiger charge is 2.02. The van der Waals surface area contributed by atoms with Gasteiger partial charge in [0.1, 0.15) is 18.1 Å². The monoisotopic (exact) mass is 361 g/mol. The summed E-state index contributed by atoms with van der Waals surface area (Å²) >= 11 is 0. The van der Waals surface area contributed by atoms with Crippen LogP contribution in [0.2, 0.25) is 0 Å². The predicted molar refractivity (Wildman–Crippen MR) is 103 cm³/mol. The molecule has 0 aliphatic heterocycles. The van der Waals surface area contributed by atoms with Crippen LogP contribution in [0.5, 0.6) is 11.5 Å². The van der Waals surface area contributed by atoms with Gasteiger partial charge in [-0.1, -0.05) is 30.3 Å². The average Bonchev–Trinajstić information content (AvgIpc) is 2.73. The summed E-state index contributed by atoms with van der Waals surface area (Å²) in [6.07, 6.45) is 4.84. The topological polar surface area (TPSA) is 72.8 Å². The number of pyridine rings is 1. The van der Waals surface area contributed by atoms with Crippen molar-refractivity contribution in [3.05, 3.63) is 90.3 Å². The second-order valence-electron chi connectivity index (χ2n) is 5.61. The van der Waals surface area contributed by atoms with Crippen molar-refractivity contribution in [2.24, 2.45) is 5.10 Å². The summed E-state index contributed by atoms with van der Waals surface area (Å²) in [5, 5.41) is 3.87. The van der Waals surface area contributed by atoms with E-state index in [1.54, 1.807) is 55.0 Å². The van der Waals surface area contributed by atoms with E-state index in [9.17, 15) is 4.79 Å². The van der Waals surface area contributed by atoms with Crippen LogP contribution >= 0.6 is 0 Å². The van der Waals surface area contributed by atoms with Gasteiger partial charge in [0.2, 0.25) is 0 Å². The van der Waals surface area contributed by atoms with E-state index in [-0.39, 0.29) is 12.5 Å². The number of nitrogens with one attached hydrogen (secondary N) is 1. The summed E-state index contributed by atoms with van der Waals surface area (Å²) in [7, 11) is 0. The number of carbonyl (C=O) groups is 1. The van der Waals surface area contributed by atoms with Crippen molar-refractivity contribution in [3.8, 4) is 11.5 Å². The second kappa shape index (κ2) is 9.72. The zero-order valence-corrected chi connectivity index (χ0v) is 14.6. The number of rotatable bonds is 8. The molecule has 0 aliphatic rings. The molecule has 0 saturated carbocycles. The molecule has 0 unspecified atom stereocenters. The smallest absolute Gasteiger partial charge is 0.277 e. The molecule has 1 N–H and O–H groups in total. The molecule has 27 heavy (non-hydrogen) atoms. The first kappa shape index (κ1) is 18.1. The molecule has 2 aromatic carbocycles. The minimum atomic E-state index is -0.343. The van der Waals surface area contributed by atoms with Gasteiger partial charge in [-0.05, 0) is 47.5 Å². The van der Waals surface area contributed by atoms with Crippen molar-refractivity contribution < 1.29 is 14.3 Å². The molecule has 6 heteroatoms. The number of hydrogen-bond donors (Lipinski definition) is 1. The Morgan fingerprint density at radius 1 is 0.926 bits per heavy atom. The highest BCUT2D eigenvalue weighted by Crippen LogP contribution is 2.18. The Morgan fingerprint density at radius 3 is 2.30 bits per heavy atom. The number of benzene rings is 2. The van der Waals surface area contributed by atoms with Crippen molar-refractivity contribution in [1.82, 2.24) is 10.4 Å². The highest BCUT2D eigenvalue weighted by molar-refractivity contribution is 5.82. The van der Waals surface area contributed by atoms with E-state index in [4.69, 9.17) is 9.47 Å². The van der Waals surface area contributed by atoms with E-state index >= 15 is 0 Å². The molecule has 0 fully saturated rings. The number of hydrazone groups is 1. The molecule has 1 aromatic heterocycles. The van der Waals surface area contributed by atoms with E-state index in [2.05, 4.69) is 15.5 Å². The number of aromatic nitrogens is 1. The van der Waals surface area contributed by atoms with Gasteiger partial charge in [0.05, 0.1) is 6.21 Å². The first-order chi connectivity index (χ1) is 13.3. The average molecular weight is 361 g/mol. The predicted octanol–water partition coefficient (Wildman–Crippen LogP) is 3.19. The SMILES string of the molecule is O=C(COc1ccc(OCc2ccccc2)cc1)NN=Cc1ccncc1. The maximum absolute atomic E-state index is 11.7. The van der Waals surface area contributed by atoms with E-state index in [0.29, 0.717) is 12.4 Å². The van der Waals surface area contributed by atoms with Gasteiger partial charge in [0.15, 0.2) is 6.61 Å². The zero-order chi connectivity index (χ0) is 18.7. The van der Waals surface area contributed by atoms with Gasteiger partial charge in [-0.2, -0.15) is 5.10 Å². The second-order valence-corrected chi connectivity index (χ2v) is 5.61. The molecule has 0 radical (unpaired) electrons. The van der Waals surface area contributed by atoms with Crippen LogP contribution in [0.1, 0.15) is 11.1 Å². The lowest BCUT2D eigenvalue weighted by Crippen LogP contribution is -2.24. The number of hydrogen-bond acceptors (Lipinski definition) is 5. The molecule has 3 aromatic rings. The van der Waals surface area contributed by atoms with Crippen molar-refractivity contribution in [3.63, 3.8) is 0 Å². The molecule has 1 amide bonds. The summed E-state index contributed by atoms with van der Waals surface area (Å²) in [6.45, 7) is 0.372. The molecule has 6 nitrogen and oxygen atoms in total. The maximum Gasteiger partial charge on any atom is 0.277 e. The highest BCUT2D eigenvalue weighted by atomic mass is 16.5. The molecule has 0 bridgehead atoms. The Balaban J connectivity index is 1.40. The molecular formula is C21H19N3O3. The molecule has 0 aliphatic carbocycles. The van der Waals surface area contributed by atoms with E-state index < -0.39 is 0 Å². The van der Waals surface area contributed by atoms with E-state index in [1.807, 2.05) is 30.3 Å². The Hall–Kier alpha value is -3.67. The summed E-state index contributed by atoms with van der Waals surface area (Å²) in [5.74, 6) is 0.970. The van der Waals surface area contributed by atoms with Crippen LogP contribution in [-0.2, 0) is 11.4 Å². The number of amides is 1. The minimum Gasteiger partial charge on any atom is -0.489 e. The fraction of sp³-hybridized carbons (Fsp3) is 0.0952. The quantitative estimate of drug-likeness (QED) is 0.494. The summed E-state index contributed by atoms with van der Waals surface area (Å²) < 4.78 is 11.1. The third-order valence-corrected chi connectivity index (χ3v) is 3.55. The van der Waals surface area contributed by atoms with Crippen LogP contribution < -0.4 is 14.9 Å². The van der Waals surface area contributed by atoms with Crippen molar-refractivity contribution >= 4 is 12.1 Å². The number of carbonyl (C=O) groups excluding carboxylic acids is 1. The van der Waals surface area contributed by atoms with Crippen LogP contribution in [-0.4, -0.2) is 23.7 Å². The molecule has 0 saturated heterocycles. The molecule has 0 spiro atoms. The van der Waals surface area contributed by atoms with Crippen LogP contribution in [0, 0.1) is 0 Å². The molecule has 3 rings (SSSR count). The normalized spacial score (nSPS) is 10.5. The lowest BCUT2D eigenvalue weighted by molar-refractivity contribution is -0.123. The van der Waals surface area contributed by atoms with Gasteiger partial charge in [0, 0.05) is 12.4 Å². The maximum atomic E-state index is 11.7. The van der Waals surface area contributed by atoms with Crippen LogP contribution in [0.25, 0.3) is 0 Å². The Bertz CT molecular complexity index is 866. The third-order valence-electron chi connectivity index (χ3n) is 3.55. The van der Waals surface area contributed by atoms with Gasteiger partial charge in [-0.25, -0.2) is 5.43 Å². The molecular weight excluding hydrogens is 342 g/mol. The Morgan fingerprint density at radius 2 is 1.59 bits per heavy atom. The summed E-state index contributed by atoms with van der Waals surface area (Å²) in [6, 6.07) is 20.6. The standard InChI is InChI=1S/C21H19N3O3/c25-21(24-23-14-17-10-12-22-13-11-17)16-27-20-8-6-19(7-9-20)26-15-18-4-2-1-3-5-18/h1-14H,15-16H2,(H,24,25). The third kappa shape index (κ3) is 6.28. The fourth-order valence-corrected chi connectivity index (χ4v) is 2.18. The van der Waals surface area contributed by atoms with E-state index in [1.165, 1.54) is 0 Å². The summed E-state index contributed by atoms with van der Waals surface area (Å²) in [4.78, 5) is 15.7.